The molecule has 0 saturated heterocycles. The molecule has 0 bridgehead atoms. The predicted octanol–water partition coefficient (Wildman–Crippen LogP) is 4.68. The summed E-state index contributed by atoms with van der Waals surface area (Å²) in [4.78, 5) is 12.4. The zero-order valence-electron chi connectivity index (χ0n) is 13.7. The van der Waals surface area contributed by atoms with E-state index in [4.69, 9.17) is 16.3 Å². The maximum atomic E-state index is 12.4. The van der Waals surface area contributed by atoms with E-state index >= 15 is 0 Å². The smallest absolute Gasteiger partial charge is 0.261 e. The molecule has 0 aliphatic carbocycles. The summed E-state index contributed by atoms with van der Waals surface area (Å²) in [5.41, 5.74) is 2.31. The van der Waals surface area contributed by atoms with Crippen molar-refractivity contribution in [3.8, 4) is 5.75 Å². The monoisotopic (exact) mass is 331 g/mol. The number of nitrogens with one attached hydrogen (secondary N) is 1. The van der Waals surface area contributed by atoms with Gasteiger partial charge in [-0.15, -0.1) is 0 Å². The molecule has 1 N–H and O–H groups in total. The Kier molecular flexibility index (Phi) is 6.05. The molecular weight excluding hydrogens is 310 g/mol. The van der Waals surface area contributed by atoms with Gasteiger partial charge in [-0.25, -0.2) is 0 Å². The maximum Gasteiger partial charge on any atom is 0.261 e. The Morgan fingerprint density at radius 2 is 1.74 bits per heavy atom. The van der Waals surface area contributed by atoms with Crippen molar-refractivity contribution in [1.82, 2.24) is 5.32 Å². The van der Waals surface area contributed by atoms with Crippen LogP contribution in [0.3, 0.4) is 0 Å². The Labute approximate surface area is 142 Å². The number of amides is 1. The largest absolute Gasteiger partial charge is 0.481 e. The highest BCUT2D eigenvalue weighted by Crippen LogP contribution is 2.19. The zero-order chi connectivity index (χ0) is 16.8. The van der Waals surface area contributed by atoms with Gasteiger partial charge in [0, 0.05) is 5.02 Å². The fraction of sp³-hybridized carbons (Fsp3) is 0.316. The number of hydrogen-bond acceptors (Lipinski definition) is 2. The van der Waals surface area contributed by atoms with E-state index < -0.39 is 6.10 Å². The molecule has 0 aliphatic heterocycles. The summed E-state index contributed by atoms with van der Waals surface area (Å²) in [6, 6.07) is 15.2. The van der Waals surface area contributed by atoms with E-state index in [0.717, 1.165) is 12.0 Å². The van der Waals surface area contributed by atoms with Gasteiger partial charge in [-0.1, -0.05) is 48.4 Å². The summed E-state index contributed by atoms with van der Waals surface area (Å²) in [6.07, 6.45) is 0.248. The molecule has 1 amide bonds. The number of rotatable bonds is 6. The molecule has 0 saturated carbocycles. The fourth-order valence-electron chi connectivity index (χ4n) is 2.28. The lowest BCUT2D eigenvalue weighted by Gasteiger charge is -2.21. The average molecular weight is 332 g/mol. The van der Waals surface area contributed by atoms with E-state index in [0.29, 0.717) is 10.8 Å². The van der Waals surface area contributed by atoms with Gasteiger partial charge in [0.25, 0.3) is 5.91 Å². The first-order chi connectivity index (χ1) is 11.0. The van der Waals surface area contributed by atoms with Crippen LogP contribution < -0.4 is 10.1 Å². The Hall–Kier alpha value is -2.00. The Balaban J connectivity index is 1.98. The molecule has 2 aromatic rings. The standard InChI is InChI=1S/C19H22ClNO2/c1-4-18(15-7-5-13(2)6-8-15)21-19(22)14(3)23-17-11-9-16(20)10-12-17/h5-12,14,18H,4H2,1-3H3,(H,21,22)/t14-,18+/m0/s1. The molecule has 0 aliphatic rings. The van der Waals surface area contributed by atoms with Gasteiger partial charge in [-0.05, 0) is 50.1 Å². The van der Waals surface area contributed by atoms with Crippen LogP contribution in [0.4, 0.5) is 0 Å². The summed E-state index contributed by atoms with van der Waals surface area (Å²) in [7, 11) is 0. The summed E-state index contributed by atoms with van der Waals surface area (Å²) in [5, 5.41) is 3.68. The SMILES string of the molecule is CC[C@@H](NC(=O)[C@H](C)Oc1ccc(Cl)cc1)c1ccc(C)cc1. The Morgan fingerprint density at radius 3 is 2.30 bits per heavy atom. The fourth-order valence-corrected chi connectivity index (χ4v) is 2.41. The summed E-state index contributed by atoms with van der Waals surface area (Å²) >= 11 is 5.84. The second-order valence-electron chi connectivity index (χ2n) is 5.59. The molecule has 0 spiro atoms. The average Bonchev–Trinajstić information content (AvgIpc) is 2.55. The van der Waals surface area contributed by atoms with Gasteiger partial charge in [-0.2, -0.15) is 0 Å². The van der Waals surface area contributed by atoms with Gasteiger partial charge in [0.15, 0.2) is 6.10 Å². The molecule has 3 nitrogen and oxygen atoms in total. The molecule has 0 unspecified atom stereocenters. The zero-order valence-corrected chi connectivity index (χ0v) is 14.4. The molecule has 122 valence electrons. The first-order valence-corrected chi connectivity index (χ1v) is 8.16. The van der Waals surface area contributed by atoms with Gasteiger partial charge >= 0.3 is 0 Å². The van der Waals surface area contributed by atoms with Crippen LogP contribution in [0.2, 0.25) is 5.02 Å². The minimum Gasteiger partial charge on any atom is -0.481 e. The number of carbonyl (C=O) groups excluding carboxylic acids is 1. The molecule has 2 rings (SSSR count). The number of hydrogen-bond donors (Lipinski definition) is 1. The number of benzene rings is 2. The number of aryl methyl sites for hydroxylation is 1. The quantitative estimate of drug-likeness (QED) is 0.834. The van der Waals surface area contributed by atoms with Crippen molar-refractivity contribution in [3.63, 3.8) is 0 Å². The molecule has 2 atom stereocenters. The van der Waals surface area contributed by atoms with Crippen molar-refractivity contribution >= 4 is 17.5 Å². The number of carbonyl (C=O) groups is 1. The second kappa shape index (κ2) is 8.02. The van der Waals surface area contributed by atoms with Crippen molar-refractivity contribution in [3.05, 3.63) is 64.7 Å². The third-order valence-electron chi connectivity index (χ3n) is 3.70. The Bertz CT molecular complexity index is 637. The minimum atomic E-state index is -0.573. The molecule has 4 heteroatoms. The third kappa shape index (κ3) is 5.00. The van der Waals surface area contributed by atoms with Crippen LogP contribution in [0.5, 0.6) is 5.75 Å². The van der Waals surface area contributed by atoms with Crippen LogP contribution in [0.15, 0.2) is 48.5 Å². The van der Waals surface area contributed by atoms with Crippen LogP contribution in [0.25, 0.3) is 0 Å². The first-order valence-electron chi connectivity index (χ1n) is 7.78. The van der Waals surface area contributed by atoms with Crippen molar-refractivity contribution in [2.45, 2.75) is 39.3 Å². The topological polar surface area (TPSA) is 38.3 Å². The first kappa shape index (κ1) is 17.4. The lowest BCUT2D eigenvalue weighted by atomic mass is 10.0. The highest BCUT2D eigenvalue weighted by molar-refractivity contribution is 6.30. The minimum absolute atomic E-state index is 0.0145. The van der Waals surface area contributed by atoms with Crippen LogP contribution in [-0.2, 0) is 4.79 Å². The summed E-state index contributed by atoms with van der Waals surface area (Å²) < 4.78 is 5.66. The maximum absolute atomic E-state index is 12.4. The highest BCUT2D eigenvalue weighted by atomic mass is 35.5. The number of halogens is 1. The number of ether oxygens (including phenoxy) is 1. The molecule has 2 aromatic carbocycles. The van der Waals surface area contributed by atoms with Crippen LogP contribution in [0, 0.1) is 6.92 Å². The van der Waals surface area contributed by atoms with Crippen molar-refractivity contribution in [2.24, 2.45) is 0 Å². The molecule has 0 aromatic heterocycles. The van der Waals surface area contributed by atoms with E-state index in [2.05, 4.69) is 36.5 Å². The van der Waals surface area contributed by atoms with Gasteiger partial charge in [0.2, 0.25) is 0 Å². The van der Waals surface area contributed by atoms with Crippen molar-refractivity contribution in [2.75, 3.05) is 0 Å². The lowest BCUT2D eigenvalue weighted by Crippen LogP contribution is -2.38. The molecule has 0 fully saturated rings. The van der Waals surface area contributed by atoms with Gasteiger partial charge < -0.3 is 10.1 Å². The van der Waals surface area contributed by atoms with Gasteiger partial charge in [-0.3, -0.25) is 4.79 Å². The van der Waals surface area contributed by atoms with E-state index in [9.17, 15) is 4.79 Å². The molecule has 23 heavy (non-hydrogen) atoms. The van der Waals surface area contributed by atoms with E-state index in [1.165, 1.54) is 5.56 Å². The molecule has 0 heterocycles. The van der Waals surface area contributed by atoms with E-state index in [-0.39, 0.29) is 11.9 Å². The highest BCUT2D eigenvalue weighted by Gasteiger charge is 2.19. The van der Waals surface area contributed by atoms with E-state index in [1.807, 2.05) is 6.92 Å². The van der Waals surface area contributed by atoms with Crippen molar-refractivity contribution in [1.29, 1.82) is 0 Å². The molecule has 0 radical (unpaired) electrons. The van der Waals surface area contributed by atoms with Crippen LogP contribution in [0.1, 0.15) is 37.4 Å². The lowest BCUT2D eigenvalue weighted by molar-refractivity contribution is -0.128. The Morgan fingerprint density at radius 1 is 1.13 bits per heavy atom. The second-order valence-corrected chi connectivity index (χ2v) is 6.03. The van der Waals surface area contributed by atoms with Crippen LogP contribution in [-0.4, -0.2) is 12.0 Å². The third-order valence-corrected chi connectivity index (χ3v) is 3.95. The molecular formula is C19H22ClNO2. The normalized spacial score (nSPS) is 13.2. The van der Waals surface area contributed by atoms with Gasteiger partial charge in [0.1, 0.15) is 5.75 Å². The van der Waals surface area contributed by atoms with Gasteiger partial charge in [0.05, 0.1) is 6.04 Å². The van der Waals surface area contributed by atoms with Crippen LogP contribution >= 0.6 is 11.6 Å². The summed E-state index contributed by atoms with van der Waals surface area (Å²) in [5.74, 6) is 0.493. The predicted molar refractivity (Wildman–Crippen MR) is 93.9 cm³/mol. The summed E-state index contributed by atoms with van der Waals surface area (Å²) in [6.45, 7) is 5.84. The van der Waals surface area contributed by atoms with Crippen molar-refractivity contribution < 1.29 is 9.53 Å². The van der Waals surface area contributed by atoms with E-state index in [1.54, 1.807) is 31.2 Å².